The largest absolute Gasteiger partial charge is 0.497 e. The zero-order valence-corrected chi connectivity index (χ0v) is 11.0. The van der Waals surface area contributed by atoms with Crippen LogP contribution in [0.15, 0.2) is 18.2 Å². The van der Waals surface area contributed by atoms with Crippen molar-refractivity contribution < 1.29 is 4.74 Å². The smallest absolute Gasteiger partial charge is 0.119 e. The Hall–Kier alpha value is -1.06. The van der Waals surface area contributed by atoms with Crippen LogP contribution < -0.4 is 15.8 Å². The van der Waals surface area contributed by atoms with Gasteiger partial charge in [-0.05, 0) is 55.4 Å². The van der Waals surface area contributed by atoms with Gasteiger partial charge in [0.05, 0.1) is 7.11 Å². The summed E-state index contributed by atoms with van der Waals surface area (Å²) in [5.74, 6) is 0.952. The molecule has 3 N–H and O–H groups in total. The molecule has 3 nitrogen and oxygen atoms in total. The van der Waals surface area contributed by atoms with E-state index in [1.165, 1.54) is 24.0 Å². The minimum absolute atomic E-state index is 0.112. The first-order valence-corrected chi connectivity index (χ1v) is 6.88. The summed E-state index contributed by atoms with van der Waals surface area (Å²) in [6.45, 7) is 0.722. The van der Waals surface area contributed by atoms with Crippen LogP contribution in [0.1, 0.15) is 30.4 Å². The molecule has 1 aromatic carbocycles. The number of hydrogen-bond acceptors (Lipinski definition) is 3. The highest BCUT2D eigenvalue weighted by atomic mass is 16.5. The fourth-order valence-electron chi connectivity index (χ4n) is 2.98. The van der Waals surface area contributed by atoms with E-state index in [0.29, 0.717) is 6.04 Å². The van der Waals surface area contributed by atoms with Crippen molar-refractivity contribution in [2.45, 2.75) is 43.7 Å². The van der Waals surface area contributed by atoms with Gasteiger partial charge in [-0.3, -0.25) is 0 Å². The van der Waals surface area contributed by atoms with E-state index in [9.17, 15) is 0 Å². The van der Waals surface area contributed by atoms with Gasteiger partial charge in [0.1, 0.15) is 5.75 Å². The third-order valence-corrected chi connectivity index (χ3v) is 4.29. The quantitative estimate of drug-likeness (QED) is 0.849. The lowest BCUT2D eigenvalue weighted by Crippen LogP contribution is -2.55. The van der Waals surface area contributed by atoms with Crippen molar-refractivity contribution in [1.29, 1.82) is 0 Å². The Morgan fingerprint density at radius 3 is 2.89 bits per heavy atom. The highest BCUT2D eigenvalue weighted by Gasteiger charge is 2.37. The van der Waals surface area contributed by atoms with E-state index < -0.39 is 0 Å². The van der Waals surface area contributed by atoms with Crippen LogP contribution in [-0.4, -0.2) is 25.2 Å². The highest BCUT2D eigenvalue weighted by molar-refractivity contribution is 5.39. The van der Waals surface area contributed by atoms with Gasteiger partial charge in [-0.15, -0.1) is 0 Å². The van der Waals surface area contributed by atoms with Gasteiger partial charge in [-0.2, -0.15) is 0 Å². The number of rotatable bonds is 4. The summed E-state index contributed by atoms with van der Waals surface area (Å²) in [5, 5.41) is 3.77. The Morgan fingerprint density at radius 2 is 2.22 bits per heavy atom. The second-order valence-corrected chi connectivity index (χ2v) is 5.71. The van der Waals surface area contributed by atoms with Crippen molar-refractivity contribution in [3.8, 4) is 5.75 Å². The van der Waals surface area contributed by atoms with Crippen LogP contribution in [0.3, 0.4) is 0 Å². The standard InChI is InChI=1S/C15H22N2O/c1-18-14-5-2-11-6-7-15(10-16,9-12(11)8-14)17-13-3-4-13/h2,5,8,13,17H,3-4,6-7,9-10,16H2,1H3. The molecule has 0 aliphatic heterocycles. The van der Waals surface area contributed by atoms with E-state index in [-0.39, 0.29) is 5.54 Å². The van der Waals surface area contributed by atoms with Crippen LogP contribution in [0, 0.1) is 0 Å². The molecule has 98 valence electrons. The van der Waals surface area contributed by atoms with Gasteiger partial charge in [0, 0.05) is 18.1 Å². The zero-order chi connectivity index (χ0) is 12.6. The summed E-state index contributed by atoms with van der Waals surface area (Å²) in [6.07, 6.45) is 5.93. The molecular weight excluding hydrogens is 224 g/mol. The van der Waals surface area contributed by atoms with Crippen molar-refractivity contribution in [3.63, 3.8) is 0 Å². The monoisotopic (exact) mass is 246 g/mol. The molecule has 18 heavy (non-hydrogen) atoms. The van der Waals surface area contributed by atoms with Crippen LogP contribution in [0.5, 0.6) is 5.75 Å². The lowest BCUT2D eigenvalue weighted by Gasteiger charge is -2.38. The Kier molecular flexibility index (Phi) is 3.04. The first kappa shape index (κ1) is 12.0. The lowest BCUT2D eigenvalue weighted by atomic mass is 9.77. The molecule has 1 fully saturated rings. The summed E-state index contributed by atoms with van der Waals surface area (Å²) < 4.78 is 5.32. The molecule has 2 aliphatic rings. The van der Waals surface area contributed by atoms with Crippen LogP contribution in [0.2, 0.25) is 0 Å². The van der Waals surface area contributed by atoms with Gasteiger partial charge in [0.25, 0.3) is 0 Å². The third-order valence-electron chi connectivity index (χ3n) is 4.29. The lowest BCUT2D eigenvalue weighted by molar-refractivity contribution is 0.290. The molecule has 1 aromatic rings. The molecule has 3 heteroatoms. The SMILES string of the molecule is COc1ccc2c(c1)CC(CN)(NC1CC1)CC2. The van der Waals surface area contributed by atoms with Crippen LogP contribution >= 0.6 is 0 Å². The van der Waals surface area contributed by atoms with Crippen LogP contribution in [0.25, 0.3) is 0 Å². The maximum absolute atomic E-state index is 6.05. The van der Waals surface area contributed by atoms with Crippen molar-refractivity contribution in [3.05, 3.63) is 29.3 Å². The molecule has 3 rings (SSSR count). The normalized spacial score (nSPS) is 26.8. The van der Waals surface area contributed by atoms with Gasteiger partial charge >= 0.3 is 0 Å². The Bertz CT molecular complexity index is 442. The molecule has 1 unspecified atom stereocenters. The fraction of sp³-hybridized carbons (Fsp3) is 0.600. The van der Waals surface area contributed by atoms with Crippen molar-refractivity contribution in [1.82, 2.24) is 5.32 Å². The molecule has 0 aromatic heterocycles. The van der Waals surface area contributed by atoms with Gasteiger partial charge in [0.15, 0.2) is 0 Å². The molecular formula is C15H22N2O. The Morgan fingerprint density at radius 1 is 1.39 bits per heavy atom. The first-order chi connectivity index (χ1) is 8.74. The molecule has 0 amide bonds. The average Bonchev–Trinajstić information content (AvgIpc) is 3.21. The minimum Gasteiger partial charge on any atom is -0.497 e. The molecule has 0 radical (unpaired) electrons. The Balaban J connectivity index is 1.84. The summed E-state index contributed by atoms with van der Waals surface area (Å²) in [5.41, 5.74) is 9.02. The number of benzene rings is 1. The van der Waals surface area contributed by atoms with E-state index >= 15 is 0 Å². The van der Waals surface area contributed by atoms with Gasteiger partial charge in [-0.25, -0.2) is 0 Å². The molecule has 0 heterocycles. The van der Waals surface area contributed by atoms with Crippen LogP contribution in [0.4, 0.5) is 0 Å². The first-order valence-electron chi connectivity index (χ1n) is 6.88. The van der Waals surface area contributed by atoms with Gasteiger partial charge < -0.3 is 15.8 Å². The van der Waals surface area contributed by atoms with E-state index in [4.69, 9.17) is 10.5 Å². The second-order valence-electron chi connectivity index (χ2n) is 5.71. The average molecular weight is 246 g/mol. The number of methoxy groups -OCH3 is 1. The molecule has 1 atom stereocenters. The molecule has 2 aliphatic carbocycles. The molecule has 0 bridgehead atoms. The third kappa shape index (κ3) is 2.25. The van der Waals surface area contributed by atoms with E-state index in [1.54, 1.807) is 7.11 Å². The fourth-order valence-corrected chi connectivity index (χ4v) is 2.98. The topological polar surface area (TPSA) is 47.3 Å². The molecule has 0 spiro atoms. The van der Waals surface area contributed by atoms with Gasteiger partial charge in [0.2, 0.25) is 0 Å². The number of hydrogen-bond donors (Lipinski definition) is 2. The van der Waals surface area contributed by atoms with Crippen molar-refractivity contribution >= 4 is 0 Å². The predicted octanol–water partition coefficient (Wildman–Crippen LogP) is 1.63. The second kappa shape index (κ2) is 4.56. The van der Waals surface area contributed by atoms with E-state index in [2.05, 4.69) is 23.5 Å². The molecule has 0 saturated heterocycles. The van der Waals surface area contributed by atoms with E-state index in [1.807, 2.05) is 0 Å². The number of aryl methyl sites for hydroxylation is 1. The van der Waals surface area contributed by atoms with Crippen LogP contribution in [-0.2, 0) is 12.8 Å². The number of nitrogens with one attached hydrogen (secondary N) is 1. The van der Waals surface area contributed by atoms with Crippen molar-refractivity contribution in [2.24, 2.45) is 5.73 Å². The summed E-state index contributed by atoms with van der Waals surface area (Å²) >= 11 is 0. The zero-order valence-electron chi connectivity index (χ0n) is 11.0. The minimum atomic E-state index is 0.112. The molecule has 1 saturated carbocycles. The summed E-state index contributed by atoms with van der Waals surface area (Å²) in [6, 6.07) is 7.14. The van der Waals surface area contributed by atoms with E-state index in [0.717, 1.165) is 31.6 Å². The number of fused-ring (bicyclic) bond motifs is 1. The maximum atomic E-state index is 6.05. The maximum Gasteiger partial charge on any atom is 0.119 e. The number of ether oxygens (including phenoxy) is 1. The highest BCUT2D eigenvalue weighted by Crippen LogP contribution is 2.33. The number of nitrogens with two attached hydrogens (primary N) is 1. The summed E-state index contributed by atoms with van der Waals surface area (Å²) in [7, 11) is 1.73. The van der Waals surface area contributed by atoms with Gasteiger partial charge in [-0.1, -0.05) is 6.07 Å². The Labute approximate surface area is 109 Å². The predicted molar refractivity (Wildman–Crippen MR) is 73.0 cm³/mol. The summed E-state index contributed by atoms with van der Waals surface area (Å²) in [4.78, 5) is 0. The van der Waals surface area contributed by atoms with Crippen molar-refractivity contribution in [2.75, 3.05) is 13.7 Å².